The van der Waals surface area contributed by atoms with Gasteiger partial charge in [-0.3, -0.25) is 10.1 Å². The van der Waals surface area contributed by atoms with E-state index in [-0.39, 0.29) is 16.1 Å². The van der Waals surface area contributed by atoms with Crippen LogP contribution in [0.4, 0.5) is 11.4 Å². The minimum atomic E-state index is -0.384. The highest BCUT2D eigenvalue weighted by atomic mass is 16.6. The zero-order valence-electron chi connectivity index (χ0n) is 11.6. The van der Waals surface area contributed by atoms with Crippen LogP contribution in [0.3, 0.4) is 0 Å². The molecule has 1 aromatic carbocycles. The fourth-order valence-electron chi connectivity index (χ4n) is 2.67. The van der Waals surface area contributed by atoms with E-state index in [0.717, 1.165) is 11.1 Å². The van der Waals surface area contributed by atoms with Crippen LogP contribution in [0.15, 0.2) is 30.5 Å². The highest BCUT2D eigenvalue weighted by Gasteiger charge is 2.38. The number of non-ortho nitro benzene ring substituents is 1. The number of pyridine rings is 1. The lowest BCUT2D eigenvalue weighted by atomic mass is 9.97. The molecule has 1 aliphatic rings. The molecule has 0 saturated heterocycles. The SMILES string of the molecule is CC(C)(Nc1ccc([N+](=O)[O-])c2ncccc12)C1CC1. The molecule has 0 aliphatic heterocycles. The predicted octanol–water partition coefficient (Wildman–Crippen LogP) is 3.74. The summed E-state index contributed by atoms with van der Waals surface area (Å²) in [5.74, 6) is 0.671. The van der Waals surface area contributed by atoms with Gasteiger partial charge in [0, 0.05) is 28.9 Å². The van der Waals surface area contributed by atoms with E-state index in [1.54, 1.807) is 18.3 Å². The third-order valence-electron chi connectivity index (χ3n) is 4.00. The molecule has 3 rings (SSSR count). The first-order valence-corrected chi connectivity index (χ1v) is 6.79. The van der Waals surface area contributed by atoms with Crippen molar-refractivity contribution >= 4 is 22.3 Å². The molecule has 1 aliphatic carbocycles. The first kappa shape index (κ1) is 12.8. The Morgan fingerprint density at radius 3 is 2.75 bits per heavy atom. The zero-order chi connectivity index (χ0) is 14.3. The first-order valence-electron chi connectivity index (χ1n) is 6.79. The number of rotatable bonds is 4. The van der Waals surface area contributed by atoms with E-state index in [0.29, 0.717) is 11.4 Å². The van der Waals surface area contributed by atoms with Gasteiger partial charge in [0.25, 0.3) is 5.69 Å². The molecule has 2 aromatic rings. The number of hydrogen-bond donors (Lipinski definition) is 1. The topological polar surface area (TPSA) is 68.1 Å². The molecule has 0 amide bonds. The van der Waals surface area contributed by atoms with Crippen LogP contribution in [0.25, 0.3) is 10.9 Å². The van der Waals surface area contributed by atoms with Gasteiger partial charge in [-0.2, -0.15) is 0 Å². The second kappa shape index (κ2) is 4.44. The Bertz CT molecular complexity index is 678. The maximum atomic E-state index is 11.1. The smallest absolute Gasteiger partial charge is 0.295 e. The van der Waals surface area contributed by atoms with Crippen molar-refractivity contribution < 1.29 is 4.92 Å². The summed E-state index contributed by atoms with van der Waals surface area (Å²) < 4.78 is 0. The molecule has 5 heteroatoms. The number of hydrogen-bond acceptors (Lipinski definition) is 4. The molecular weight excluding hydrogens is 254 g/mol. The Labute approximate surface area is 117 Å². The fourth-order valence-corrected chi connectivity index (χ4v) is 2.67. The second-order valence-corrected chi connectivity index (χ2v) is 5.91. The van der Waals surface area contributed by atoms with Gasteiger partial charge in [-0.15, -0.1) is 0 Å². The molecule has 20 heavy (non-hydrogen) atoms. The zero-order valence-corrected chi connectivity index (χ0v) is 11.6. The van der Waals surface area contributed by atoms with E-state index in [9.17, 15) is 10.1 Å². The molecule has 1 fully saturated rings. The molecule has 1 N–H and O–H groups in total. The van der Waals surface area contributed by atoms with Crippen molar-refractivity contribution in [2.45, 2.75) is 32.2 Å². The third-order valence-corrected chi connectivity index (χ3v) is 4.00. The Morgan fingerprint density at radius 2 is 2.10 bits per heavy atom. The largest absolute Gasteiger partial charge is 0.379 e. The lowest BCUT2D eigenvalue weighted by Gasteiger charge is -2.28. The molecular formula is C15H17N3O2. The highest BCUT2D eigenvalue weighted by molar-refractivity contribution is 5.97. The summed E-state index contributed by atoms with van der Waals surface area (Å²) in [4.78, 5) is 14.9. The van der Waals surface area contributed by atoms with Crippen LogP contribution in [0.2, 0.25) is 0 Å². The Morgan fingerprint density at radius 1 is 1.35 bits per heavy atom. The van der Waals surface area contributed by atoms with Crippen molar-refractivity contribution in [1.82, 2.24) is 4.98 Å². The number of nitrogens with zero attached hydrogens (tertiary/aromatic N) is 2. The average Bonchev–Trinajstić information content (AvgIpc) is 3.23. The number of aromatic nitrogens is 1. The van der Waals surface area contributed by atoms with Gasteiger partial charge in [-0.05, 0) is 50.8 Å². The van der Waals surface area contributed by atoms with E-state index in [1.807, 2.05) is 6.07 Å². The van der Waals surface area contributed by atoms with Crippen molar-refractivity contribution in [1.29, 1.82) is 0 Å². The van der Waals surface area contributed by atoms with E-state index >= 15 is 0 Å². The molecule has 0 spiro atoms. The van der Waals surface area contributed by atoms with Crippen molar-refractivity contribution in [3.63, 3.8) is 0 Å². The minimum absolute atomic E-state index is 0.00109. The van der Waals surface area contributed by atoms with Gasteiger partial charge in [0.15, 0.2) is 0 Å². The Hall–Kier alpha value is -2.17. The number of nitro groups is 1. The van der Waals surface area contributed by atoms with Gasteiger partial charge in [0.1, 0.15) is 5.52 Å². The van der Waals surface area contributed by atoms with Gasteiger partial charge in [-0.25, -0.2) is 4.98 Å². The standard InChI is InChI=1S/C15H17N3O2/c1-15(2,10-5-6-10)17-12-7-8-13(18(19)20)14-11(12)4-3-9-16-14/h3-4,7-10,17H,5-6H2,1-2H3. The third kappa shape index (κ3) is 2.19. The van der Waals surface area contributed by atoms with Gasteiger partial charge in [0.05, 0.1) is 4.92 Å². The van der Waals surface area contributed by atoms with Crippen LogP contribution in [0.5, 0.6) is 0 Å². The number of nitro benzene ring substituents is 1. The molecule has 0 bridgehead atoms. The lowest BCUT2D eigenvalue weighted by Crippen LogP contribution is -2.33. The monoisotopic (exact) mass is 271 g/mol. The molecule has 5 nitrogen and oxygen atoms in total. The second-order valence-electron chi connectivity index (χ2n) is 5.91. The van der Waals surface area contributed by atoms with Gasteiger partial charge in [-0.1, -0.05) is 0 Å². The predicted molar refractivity (Wildman–Crippen MR) is 78.8 cm³/mol. The number of anilines is 1. The first-order chi connectivity index (χ1) is 9.49. The van der Waals surface area contributed by atoms with Crippen LogP contribution in [0, 0.1) is 16.0 Å². The van der Waals surface area contributed by atoms with E-state index in [2.05, 4.69) is 24.1 Å². The Balaban J connectivity index is 2.08. The van der Waals surface area contributed by atoms with Crippen molar-refractivity contribution in [2.75, 3.05) is 5.32 Å². The normalized spacial score (nSPS) is 15.3. The summed E-state index contributed by atoms with van der Waals surface area (Å²) in [5.41, 5.74) is 1.40. The summed E-state index contributed by atoms with van der Waals surface area (Å²) in [5, 5.41) is 15.4. The van der Waals surface area contributed by atoms with Crippen LogP contribution in [-0.2, 0) is 0 Å². The number of fused-ring (bicyclic) bond motifs is 1. The molecule has 0 unspecified atom stereocenters. The van der Waals surface area contributed by atoms with Crippen LogP contribution < -0.4 is 5.32 Å². The summed E-state index contributed by atoms with van der Waals surface area (Å²) in [6.07, 6.45) is 4.07. The summed E-state index contributed by atoms with van der Waals surface area (Å²) in [7, 11) is 0. The average molecular weight is 271 g/mol. The summed E-state index contributed by atoms with van der Waals surface area (Å²) in [6.45, 7) is 4.35. The van der Waals surface area contributed by atoms with E-state index in [1.165, 1.54) is 18.9 Å². The lowest BCUT2D eigenvalue weighted by molar-refractivity contribution is -0.383. The van der Waals surface area contributed by atoms with E-state index in [4.69, 9.17) is 0 Å². The summed E-state index contributed by atoms with van der Waals surface area (Å²) >= 11 is 0. The van der Waals surface area contributed by atoms with Crippen molar-refractivity contribution in [2.24, 2.45) is 5.92 Å². The highest BCUT2D eigenvalue weighted by Crippen LogP contribution is 2.42. The minimum Gasteiger partial charge on any atom is -0.379 e. The van der Waals surface area contributed by atoms with Gasteiger partial charge >= 0.3 is 0 Å². The summed E-state index contributed by atoms with van der Waals surface area (Å²) in [6, 6.07) is 6.99. The van der Waals surface area contributed by atoms with Crippen LogP contribution in [-0.4, -0.2) is 15.4 Å². The van der Waals surface area contributed by atoms with Gasteiger partial charge in [0.2, 0.25) is 0 Å². The van der Waals surface area contributed by atoms with Gasteiger partial charge < -0.3 is 5.32 Å². The number of nitrogens with one attached hydrogen (secondary N) is 1. The molecule has 0 radical (unpaired) electrons. The molecule has 1 heterocycles. The van der Waals surface area contributed by atoms with Crippen LogP contribution >= 0.6 is 0 Å². The van der Waals surface area contributed by atoms with Crippen LogP contribution in [0.1, 0.15) is 26.7 Å². The molecule has 104 valence electrons. The maximum Gasteiger partial charge on any atom is 0.295 e. The van der Waals surface area contributed by atoms with Crippen molar-refractivity contribution in [3.8, 4) is 0 Å². The number of benzene rings is 1. The Kier molecular flexibility index (Phi) is 2.85. The molecule has 0 atom stereocenters. The van der Waals surface area contributed by atoms with E-state index < -0.39 is 0 Å². The fraction of sp³-hybridized carbons (Fsp3) is 0.400. The molecule has 1 aromatic heterocycles. The van der Waals surface area contributed by atoms with Crippen molar-refractivity contribution in [3.05, 3.63) is 40.6 Å². The maximum absolute atomic E-state index is 11.1. The quantitative estimate of drug-likeness (QED) is 0.679. The molecule has 1 saturated carbocycles.